The lowest BCUT2D eigenvalue weighted by atomic mass is 9.76. The van der Waals surface area contributed by atoms with Crippen LogP contribution in [0.2, 0.25) is 0 Å². The highest BCUT2D eigenvalue weighted by molar-refractivity contribution is 5.82. The molecule has 2 rings (SSSR count). The zero-order valence-electron chi connectivity index (χ0n) is 12.9. The molecular formula is C17H23NO3. The predicted molar refractivity (Wildman–Crippen MR) is 81.0 cm³/mol. The lowest BCUT2D eigenvalue weighted by Gasteiger charge is -2.28. The Morgan fingerprint density at radius 3 is 2.52 bits per heavy atom. The van der Waals surface area contributed by atoms with Gasteiger partial charge in [0.15, 0.2) is 0 Å². The minimum atomic E-state index is -0.790. The summed E-state index contributed by atoms with van der Waals surface area (Å²) >= 11 is 0. The molecule has 1 amide bonds. The third-order valence-corrected chi connectivity index (χ3v) is 4.79. The number of amides is 1. The maximum Gasteiger partial charge on any atom is 0.311 e. The van der Waals surface area contributed by atoms with Gasteiger partial charge in [-0.2, -0.15) is 0 Å². The first kappa shape index (κ1) is 15.5. The first-order valence-corrected chi connectivity index (χ1v) is 7.42. The molecule has 0 bridgehead atoms. The van der Waals surface area contributed by atoms with Crippen molar-refractivity contribution in [2.45, 2.75) is 33.6 Å². The van der Waals surface area contributed by atoms with Crippen LogP contribution in [0, 0.1) is 18.3 Å². The number of carboxylic acid groups (broad SMARTS) is 1. The second-order valence-corrected chi connectivity index (χ2v) is 6.28. The van der Waals surface area contributed by atoms with Crippen LogP contribution in [0.5, 0.6) is 0 Å². The van der Waals surface area contributed by atoms with Crippen LogP contribution in [0.25, 0.3) is 0 Å². The largest absolute Gasteiger partial charge is 0.481 e. The topological polar surface area (TPSA) is 57.6 Å². The number of aliphatic carboxylic acids is 1. The van der Waals surface area contributed by atoms with E-state index in [1.807, 2.05) is 45.0 Å². The molecule has 1 heterocycles. The summed E-state index contributed by atoms with van der Waals surface area (Å²) in [5, 5.41) is 9.53. The van der Waals surface area contributed by atoms with Crippen LogP contribution < -0.4 is 0 Å². The fourth-order valence-corrected chi connectivity index (χ4v) is 3.02. The first-order chi connectivity index (χ1) is 9.86. The van der Waals surface area contributed by atoms with Gasteiger partial charge in [-0.05, 0) is 30.4 Å². The lowest BCUT2D eigenvalue weighted by Crippen LogP contribution is -2.41. The van der Waals surface area contributed by atoms with E-state index in [-0.39, 0.29) is 11.8 Å². The Morgan fingerprint density at radius 2 is 2.00 bits per heavy atom. The van der Waals surface area contributed by atoms with Gasteiger partial charge in [0.1, 0.15) is 0 Å². The number of carbonyl (C=O) groups is 2. The highest BCUT2D eigenvalue weighted by Crippen LogP contribution is 2.38. The number of carboxylic acids is 1. The normalized spacial score (nSPS) is 21.8. The van der Waals surface area contributed by atoms with E-state index in [1.165, 1.54) is 0 Å². The van der Waals surface area contributed by atoms with Crippen LogP contribution in [-0.2, 0) is 16.0 Å². The van der Waals surface area contributed by atoms with Crippen LogP contribution >= 0.6 is 0 Å². The zero-order chi connectivity index (χ0) is 15.6. The van der Waals surface area contributed by atoms with Crippen molar-refractivity contribution in [1.82, 2.24) is 4.90 Å². The second-order valence-electron chi connectivity index (χ2n) is 6.28. The second kappa shape index (κ2) is 5.88. The molecule has 0 saturated carbocycles. The molecule has 0 spiro atoms. The average molecular weight is 289 g/mol. The molecule has 1 aromatic carbocycles. The van der Waals surface area contributed by atoms with Gasteiger partial charge in [0.05, 0.1) is 11.8 Å². The van der Waals surface area contributed by atoms with Gasteiger partial charge in [-0.25, -0.2) is 0 Å². The van der Waals surface area contributed by atoms with Crippen LogP contribution in [0.4, 0.5) is 0 Å². The van der Waals surface area contributed by atoms with Crippen molar-refractivity contribution in [3.8, 4) is 0 Å². The summed E-state index contributed by atoms with van der Waals surface area (Å²) in [5.74, 6) is -0.747. The predicted octanol–water partition coefficient (Wildman–Crippen LogP) is 2.50. The molecule has 0 aromatic heterocycles. The smallest absolute Gasteiger partial charge is 0.311 e. The maximum atomic E-state index is 12.4. The number of benzene rings is 1. The van der Waals surface area contributed by atoms with Crippen LogP contribution in [0.15, 0.2) is 24.3 Å². The number of hydrogen-bond donors (Lipinski definition) is 1. The van der Waals surface area contributed by atoms with E-state index in [1.54, 1.807) is 4.90 Å². The molecular weight excluding hydrogens is 266 g/mol. The Kier molecular flexibility index (Phi) is 4.35. The fraction of sp³-hybridized carbons (Fsp3) is 0.529. The van der Waals surface area contributed by atoms with Gasteiger partial charge < -0.3 is 10.0 Å². The van der Waals surface area contributed by atoms with E-state index >= 15 is 0 Å². The quantitative estimate of drug-likeness (QED) is 0.926. The van der Waals surface area contributed by atoms with E-state index in [9.17, 15) is 14.7 Å². The van der Waals surface area contributed by atoms with Gasteiger partial charge in [0, 0.05) is 13.1 Å². The summed E-state index contributed by atoms with van der Waals surface area (Å²) in [4.78, 5) is 25.7. The van der Waals surface area contributed by atoms with Gasteiger partial charge in [0.2, 0.25) is 5.91 Å². The van der Waals surface area contributed by atoms with Gasteiger partial charge in [-0.1, -0.05) is 38.1 Å². The lowest BCUT2D eigenvalue weighted by molar-refractivity contribution is -0.151. The molecule has 1 saturated heterocycles. The van der Waals surface area contributed by atoms with Gasteiger partial charge in [-0.15, -0.1) is 0 Å². The Bertz CT molecular complexity index is 553. The third kappa shape index (κ3) is 2.94. The SMILES string of the molecule is Cc1ccccc1CC(=O)N1CCC(C(=O)O)(C(C)C)C1. The number of nitrogens with zero attached hydrogens (tertiary/aromatic N) is 1. The van der Waals surface area contributed by atoms with Crippen LogP contribution in [-0.4, -0.2) is 35.0 Å². The monoisotopic (exact) mass is 289 g/mol. The van der Waals surface area contributed by atoms with Crippen molar-refractivity contribution in [3.05, 3.63) is 35.4 Å². The summed E-state index contributed by atoms with van der Waals surface area (Å²) in [6.45, 7) is 6.69. The third-order valence-electron chi connectivity index (χ3n) is 4.79. The molecule has 1 atom stereocenters. The molecule has 0 aliphatic carbocycles. The fourth-order valence-electron chi connectivity index (χ4n) is 3.02. The summed E-state index contributed by atoms with van der Waals surface area (Å²) in [6.07, 6.45) is 0.889. The van der Waals surface area contributed by atoms with Crippen molar-refractivity contribution in [2.24, 2.45) is 11.3 Å². The van der Waals surface area contributed by atoms with Crippen molar-refractivity contribution in [3.63, 3.8) is 0 Å². The molecule has 1 N–H and O–H groups in total. The van der Waals surface area contributed by atoms with E-state index in [4.69, 9.17) is 0 Å². The maximum absolute atomic E-state index is 12.4. The zero-order valence-corrected chi connectivity index (χ0v) is 12.9. The van der Waals surface area contributed by atoms with Crippen LogP contribution in [0.1, 0.15) is 31.4 Å². The molecule has 1 aliphatic heterocycles. The molecule has 1 aliphatic rings. The van der Waals surface area contributed by atoms with E-state index < -0.39 is 11.4 Å². The molecule has 1 fully saturated rings. The highest BCUT2D eigenvalue weighted by Gasteiger charge is 2.48. The Hall–Kier alpha value is -1.84. The minimum Gasteiger partial charge on any atom is -0.481 e. The Morgan fingerprint density at radius 1 is 1.33 bits per heavy atom. The van der Waals surface area contributed by atoms with Crippen molar-refractivity contribution in [1.29, 1.82) is 0 Å². The van der Waals surface area contributed by atoms with Gasteiger partial charge in [-0.3, -0.25) is 9.59 Å². The number of hydrogen-bond acceptors (Lipinski definition) is 2. The Balaban J connectivity index is 2.09. The van der Waals surface area contributed by atoms with Crippen molar-refractivity contribution >= 4 is 11.9 Å². The van der Waals surface area contributed by atoms with Crippen LogP contribution in [0.3, 0.4) is 0 Å². The molecule has 114 valence electrons. The highest BCUT2D eigenvalue weighted by atomic mass is 16.4. The molecule has 0 radical (unpaired) electrons. The standard InChI is InChI=1S/C17H23NO3/c1-12(2)17(16(20)21)8-9-18(11-17)15(19)10-14-7-5-4-6-13(14)3/h4-7,12H,8-11H2,1-3H3,(H,20,21). The van der Waals surface area contributed by atoms with E-state index in [2.05, 4.69) is 0 Å². The number of rotatable bonds is 4. The van der Waals surface area contributed by atoms with Crippen molar-refractivity contribution in [2.75, 3.05) is 13.1 Å². The summed E-state index contributed by atoms with van der Waals surface area (Å²) in [5.41, 5.74) is 1.32. The number of likely N-dealkylation sites (tertiary alicyclic amines) is 1. The Labute approximate surface area is 125 Å². The van der Waals surface area contributed by atoms with Crippen molar-refractivity contribution < 1.29 is 14.7 Å². The molecule has 4 nitrogen and oxygen atoms in total. The molecule has 1 aromatic rings. The summed E-state index contributed by atoms with van der Waals surface area (Å²) < 4.78 is 0. The summed E-state index contributed by atoms with van der Waals surface area (Å²) in [7, 11) is 0. The van der Waals surface area contributed by atoms with E-state index in [0.29, 0.717) is 25.9 Å². The first-order valence-electron chi connectivity index (χ1n) is 7.42. The molecule has 21 heavy (non-hydrogen) atoms. The molecule has 4 heteroatoms. The molecule has 1 unspecified atom stereocenters. The number of carbonyl (C=O) groups excluding carboxylic acids is 1. The van der Waals surface area contributed by atoms with E-state index in [0.717, 1.165) is 11.1 Å². The van der Waals surface area contributed by atoms with Gasteiger partial charge >= 0.3 is 5.97 Å². The average Bonchev–Trinajstić information content (AvgIpc) is 2.88. The number of aryl methyl sites for hydroxylation is 1. The van der Waals surface area contributed by atoms with Gasteiger partial charge in [0.25, 0.3) is 0 Å². The minimum absolute atomic E-state index is 0.0197. The summed E-state index contributed by atoms with van der Waals surface area (Å²) in [6, 6.07) is 7.82.